The molecule has 1 aliphatic heterocycles. The fourth-order valence-electron chi connectivity index (χ4n) is 4.61. The maximum Gasteiger partial charge on any atom is 0.430 e. The van der Waals surface area contributed by atoms with Crippen molar-refractivity contribution in [1.29, 1.82) is 5.26 Å². The Balaban J connectivity index is 1.95. The first-order valence-electron chi connectivity index (χ1n) is 15.0. The number of thiophene rings is 1. The highest BCUT2D eigenvalue weighted by Gasteiger charge is 2.60. The highest BCUT2D eigenvalue weighted by atomic mass is 32.1. The summed E-state index contributed by atoms with van der Waals surface area (Å²) in [6.07, 6.45) is 5.76. The van der Waals surface area contributed by atoms with Crippen molar-refractivity contribution in [2.45, 2.75) is 72.1 Å². The standard InChI is InChI=1S/C36H38F3N3O3S/c1-8-10-20-42(21-11-9-2)27-14-12-26(31(22-27)44-34(43)24(3)4)13-15-28-16-17-29(46-28)18-19-30-32(41-7)33(25(5)23-40)45-35(30,6)36(37,38)39/h12-19,22H,3,8-11,20-21H2,1-2,4-6H3/b15-13+,19-18+,33-25+. The largest absolute Gasteiger partial charge is 0.485 e. The molecule has 6 nitrogen and oxygen atoms in total. The second-order valence-corrected chi connectivity index (χ2v) is 12.2. The van der Waals surface area contributed by atoms with E-state index in [0.29, 0.717) is 16.2 Å². The van der Waals surface area contributed by atoms with Crippen molar-refractivity contribution in [1.82, 2.24) is 0 Å². The number of unbranched alkanes of at least 4 members (excludes halogenated alkanes) is 2. The van der Waals surface area contributed by atoms with Gasteiger partial charge < -0.3 is 14.4 Å². The number of rotatable bonds is 13. The summed E-state index contributed by atoms with van der Waals surface area (Å²) in [5.41, 5.74) is -1.66. The molecule has 1 aromatic carbocycles. The molecule has 1 aliphatic rings. The summed E-state index contributed by atoms with van der Waals surface area (Å²) in [5, 5.41) is 9.25. The number of nitrogens with zero attached hydrogens (tertiary/aromatic N) is 3. The predicted octanol–water partition coefficient (Wildman–Crippen LogP) is 10.1. The molecule has 0 amide bonds. The van der Waals surface area contributed by atoms with E-state index < -0.39 is 17.7 Å². The first-order valence-corrected chi connectivity index (χ1v) is 15.8. The molecule has 0 fully saturated rings. The minimum absolute atomic E-state index is 0.107. The third kappa shape index (κ3) is 8.38. The molecule has 0 radical (unpaired) electrons. The Morgan fingerprint density at radius 3 is 2.24 bits per heavy atom. The van der Waals surface area contributed by atoms with Crippen LogP contribution in [0.5, 0.6) is 5.75 Å². The number of allylic oxidation sites excluding steroid dienone is 1. The van der Waals surface area contributed by atoms with E-state index in [-0.39, 0.29) is 28.2 Å². The minimum Gasteiger partial charge on any atom is -0.485 e. The molecule has 1 unspecified atom stereocenters. The van der Waals surface area contributed by atoms with Gasteiger partial charge in [0.05, 0.1) is 18.2 Å². The van der Waals surface area contributed by atoms with Crippen molar-refractivity contribution < 1.29 is 27.4 Å². The van der Waals surface area contributed by atoms with Gasteiger partial charge in [0.15, 0.2) is 0 Å². The lowest BCUT2D eigenvalue weighted by molar-refractivity contribution is -0.236. The Labute approximate surface area is 273 Å². The second-order valence-electron chi connectivity index (χ2n) is 11.1. The maximum absolute atomic E-state index is 14.1. The average Bonchev–Trinajstić information content (AvgIpc) is 3.60. The Hall–Kier alpha value is -4.54. The van der Waals surface area contributed by atoms with Gasteiger partial charge in [0.2, 0.25) is 11.3 Å². The second kappa shape index (κ2) is 15.6. The molecule has 0 saturated carbocycles. The summed E-state index contributed by atoms with van der Waals surface area (Å²) in [5.74, 6) is -0.485. The van der Waals surface area contributed by atoms with Crippen LogP contribution in [-0.4, -0.2) is 30.8 Å². The van der Waals surface area contributed by atoms with Gasteiger partial charge in [0.25, 0.3) is 0 Å². The minimum atomic E-state index is -4.83. The number of benzene rings is 1. The van der Waals surface area contributed by atoms with Gasteiger partial charge in [-0.05, 0) is 76.1 Å². The molecule has 3 rings (SSSR count). The summed E-state index contributed by atoms with van der Waals surface area (Å²) in [4.78, 5) is 19.5. The molecule has 46 heavy (non-hydrogen) atoms. The number of hydrogen-bond acceptors (Lipinski definition) is 6. The zero-order valence-electron chi connectivity index (χ0n) is 26.8. The number of halogens is 3. The van der Waals surface area contributed by atoms with Crippen LogP contribution in [-0.2, 0) is 9.53 Å². The van der Waals surface area contributed by atoms with Crippen molar-refractivity contribution in [2.75, 3.05) is 18.0 Å². The van der Waals surface area contributed by atoms with E-state index in [1.54, 1.807) is 19.1 Å². The lowest BCUT2D eigenvalue weighted by Crippen LogP contribution is -2.43. The lowest BCUT2D eigenvalue weighted by atomic mass is 9.94. The quantitative estimate of drug-likeness (QED) is 0.0710. The van der Waals surface area contributed by atoms with E-state index in [2.05, 4.69) is 30.2 Å². The first kappa shape index (κ1) is 35.9. The van der Waals surface area contributed by atoms with Gasteiger partial charge in [-0.2, -0.15) is 18.4 Å². The highest BCUT2D eigenvalue weighted by Crippen LogP contribution is 2.50. The van der Waals surface area contributed by atoms with Crippen LogP contribution < -0.4 is 9.64 Å². The van der Waals surface area contributed by atoms with Gasteiger partial charge in [-0.25, -0.2) is 9.64 Å². The summed E-state index contributed by atoms with van der Waals surface area (Å²) in [6, 6.07) is 11.1. The molecular formula is C36H38F3N3O3S. The van der Waals surface area contributed by atoms with Gasteiger partial charge in [0.1, 0.15) is 11.5 Å². The number of hydrogen-bond donors (Lipinski definition) is 0. The number of alkyl halides is 3. The van der Waals surface area contributed by atoms with Crippen molar-refractivity contribution in [3.8, 4) is 11.8 Å². The van der Waals surface area contributed by atoms with E-state index in [4.69, 9.17) is 16.0 Å². The third-order valence-corrected chi connectivity index (χ3v) is 8.43. The molecule has 0 saturated heterocycles. The van der Waals surface area contributed by atoms with Gasteiger partial charge in [-0.15, -0.1) is 11.3 Å². The molecule has 1 aromatic heterocycles. The fraction of sp³-hybridized carbons (Fsp3) is 0.361. The normalized spacial score (nSPS) is 17.6. The van der Waals surface area contributed by atoms with E-state index in [1.165, 1.54) is 30.4 Å². The van der Waals surface area contributed by atoms with Gasteiger partial charge in [0, 0.05) is 51.3 Å². The van der Waals surface area contributed by atoms with E-state index in [9.17, 15) is 23.2 Å². The predicted molar refractivity (Wildman–Crippen MR) is 179 cm³/mol. The molecule has 0 bridgehead atoms. The topological polar surface area (TPSA) is 66.9 Å². The van der Waals surface area contributed by atoms with Crippen LogP contribution in [0.2, 0.25) is 0 Å². The van der Waals surface area contributed by atoms with Gasteiger partial charge in [-0.3, -0.25) is 0 Å². The van der Waals surface area contributed by atoms with Crippen LogP contribution in [0.15, 0.2) is 71.2 Å². The Kier molecular flexibility index (Phi) is 12.2. The zero-order valence-corrected chi connectivity index (χ0v) is 27.6. The van der Waals surface area contributed by atoms with Gasteiger partial charge in [-0.1, -0.05) is 39.3 Å². The molecule has 242 valence electrons. The smallest absolute Gasteiger partial charge is 0.430 e. The molecule has 0 spiro atoms. The number of carbonyl (C=O) groups is 1. The maximum atomic E-state index is 14.1. The lowest BCUT2D eigenvalue weighted by Gasteiger charge is -2.29. The molecule has 10 heteroatoms. The van der Waals surface area contributed by atoms with E-state index >= 15 is 0 Å². The van der Waals surface area contributed by atoms with Crippen LogP contribution in [0.3, 0.4) is 0 Å². The van der Waals surface area contributed by atoms with Crippen molar-refractivity contribution in [2.24, 2.45) is 0 Å². The number of esters is 1. The molecule has 2 heterocycles. The number of ether oxygens (including phenoxy) is 2. The fourth-order valence-corrected chi connectivity index (χ4v) is 5.42. The number of anilines is 1. The van der Waals surface area contributed by atoms with E-state index in [1.807, 2.05) is 36.4 Å². The zero-order chi connectivity index (χ0) is 34.1. The summed E-state index contributed by atoms with van der Waals surface area (Å²) in [6.45, 7) is 21.0. The van der Waals surface area contributed by atoms with Crippen molar-refractivity contribution in [3.63, 3.8) is 0 Å². The van der Waals surface area contributed by atoms with Crippen LogP contribution in [0.25, 0.3) is 23.1 Å². The van der Waals surface area contributed by atoms with Crippen molar-refractivity contribution >= 4 is 41.2 Å². The van der Waals surface area contributed by atoms with Crippen LogP contribution in [0, 0.1) is 17.9 Å². The number of nitriles is 1. The highest BCUT2D eigenvalue weighted by molar-refractivity contribution is 7.13. The molecule has 2 aromatic rings. The average molecular weight is 650 g/mol. The van der Waals surface area contributed by atoms with Gasteiger partial charge >= 0.3 is 12.1 Å². The van der Waals surface area contributed by atoms with Crippen LogP contribution in [0.4, 0.5) is 18.9 Å². The Bertz CT molecular complexity index is 1660. The third-order valence-electron chi connectivity index (χ3n) is 7.42. The Morgan fingerprint density at radius 2 is 1.72 bits per heavy atom. The Morgan fingerprint density at radius 1 is 1.11 bits per heavy atom. The van der Waals surface area contributed by atoms with Crippen LogP contribution in [0.1, 0.15) is 75.6 Å². The molecular weight excluding hydrogens is 611 g/mol. The summed E-state index contributed by atoms with van der Waals surface area (Å²) >= 11 is 1.32. The monoisotopic (exact) mass is 649 g/mol. The molecule has 1 atom stereocenters. The summed E-state index contributed by atoms with van der Waals surface area (Å²) in [7, 11) is 0. The van der Waals surface area contributed by atoms with E-state index in [0.717, 1.165) is 56.3 Å². The molecule has 0 N–H and O–H groups in total. The first-order chi connectivity index (χ1) is 21.8. The number of carbonyl (C=O) groups excluding carboxylic acids is 1. The SMILES string of the molecule is [C-]#[N+]C1=C(/C=C/c2ccc(/C=C/c3ccc(N(CCCC)CCCC)cc3OC(=O)C(=C)C)s2)C(C)(C(F)(F)F)O/C1=C(\C)C#N. The van der Waals surface area contributed by atoms with Crippen LogP contribution >= 0.6 is 11.3 Å². The summed E-state index contributed by atoms with van der Waals surface area (Å²) < 4.78 is 53.3. The van der Waals surface area contributed by atoms with Crippen molar-refractivity contribution in [3.05, 3.63) is 97.9 Å². The molecule has 0 aliphatic carbocycles.